The summed E-state index contributed by atoms with van der Waals surface area (Å²) in [6, 6.07) is 5.88. The van der Waals surface area contributed by atoms with E-state index in [1.807, 2.05) is 6.07 Å². The second-order valence-electron chi connectivity index (χ2n) is 6.15. The van der Waals surface area contributed by atoms with Crippen molar-refractivity contribution in [1.29, 1.82) is 5.26 Å². The Morgan fingerprint density at radius 3 is 2.36 bits per heavy atom. The molecule has 0 unspecified atom stereocenters. The molecule has 0 radical (unpaired) electrons. The van der Waals surface area contributed by atoms with E-state index in [4.69, 9.17) is 10.00 Å². The Kier molecular flexibility index (Phi) is 5.15. The molecular weight excluding hydrogens is 346 g/mol. The average Bonchev–Trinajstić information content (AvgIpc) is 2.53. The van der Waals surface area contributed by atoms with E-state index in [1.165, 1.54) is 39.2 Å². The van der Waals surface area contributed by atoms with E-state index >= 15 is 0 Å². The van der Waals surface area contributed by atoms with Crippen LogP contribution < -0.4 is 14.4 Å². The van der Waals surface area contributed by atoms with Gasteiger partial charge in [0.05, 0.1) is 18.9 Å². The first-order valence-corrected chi connectivity index (χ1v) is 9.08. The lowest BCUT2D eigenvalue weighted by Gasteiger charge is -2.26. The number of benzene rings is 1. The lowest BCUT2D eigenvalue weighted by atomic mass is 10.1. The monoisotopic (exact) mass is 365 g/mol. The second-order valence-corrected chi connectivity index (χ2v) is 7.80. The fourth-order valence-electron chi connectivity index (χ4n) is 2.47. The molecule has 0 bridgehead atoms. The number of nitriles is 1. The largest absolute Gasteiger partial charge is 0.495 e. The Labute approximate surface area is 146 Å². The van der Waals surface area contributed by atoms with Crippen molar-refractivity contribution in [2.45, 2.75) is 43.5 Å². The number of piperidine rings is 1. The molecule has 1 aliphatic rings. The van der Waals surface area contributed by atoms with Gasteiger partial charge in [0.2, 0.25) is 21.8 Å². The van der Waals surface area contributed by atoms with Crippen LogP contribution >= 0.6 is 0 Å². The van der Waals surface area contributed by atoms with Crippen LogP contribution in [0.4, 0.5) is 5.69 Å². The number of hydrogen-bond acceptors (Lipinski definition) is 6. The molecule has 8 nitrogen and oxygen atoms in total. The van der Waals surface area contributed by atoms with Crippen LogP contribution in [0.2, 0.25) is 0 Å². The number of anilines is 1. The first kappa shape index (κ1) is 18.9. The SMILES string of the molecule is COc1ccc(N2C(=O)CCCC2=O)cc1S(=O)(=O)NC(C)(C)C#N. The van der Waals surface area contributed by atoms with Gasteiger partial charge < -0.3 is 4.74 Å². The Balaban J connectivity index is 2.53. The number of carbonyl (C=O) groups excluding carboxylic acids is 2. The molecule has 1 aromatic carbocycles. The number of nitrogens with one attached hydrogen (secondary N) is 1. The van der Waals surface area contributed by atoms with E-state index in [0.717, 1.165) is 4.90 Å². The van der Waals surface area contributed by atoms with E-state index < -0.39 is 15.6 Å². The van der Waals surface area contributed by atoms with Crippen LogP contribution in [-0.4, -0.2) is 32.9 Å². The van der Waals surface area contributed by atoms with Crippen molar-refractivity contribution in [2.75, 3.05) is 12.0 Å². The third-order valence-corrected chi connectivity index (χ3v) is 5.32. The molecule has 2 amide bonds. The van der Waals surface area contributed by atoms with Gasteiger partial charge in [0.15, 0.2) is 0 Å². The molecule has 25 heavy (non-hydrogen) atoms. The molecule has 2 rings (SSSR count). The second kappa shape index (κ2) is 6.82. The summed E-state index contributed by atoms with van der Waals surface area (Å²) in [6.45, 7) is 2.83. The van der Waals surface area contributed by atoms with Crippen LogP contribution in [0.25, 0.3) is 0 Å². The van der Waals surface area contributed by atoms with Gasteiger partial charge in [-0.2, -0.15) is 9.98 Å². The fraction of sp³-hybridized carbons (Fsp3) is 0.438. The van der Waals surface area contributed by atoms with Crippen LogP contribution in [0.3, 0.4) is 0 Å². The topological polar surface area (TPSA) is 117 Å². The summed E-state index contributed by atoms with van der Waals surface area (Å²) in [6.07, 6.45) is 0.923. The third-order valence-electron chi connectivity index (χ3n) is 3.64. The lowest BCUT2D eigenvalue weighted by Crippen LogP contribution is -2.42. The highest BCUT2D eigenvalue weighted by molar-refractivity contribution is 7.89. The first-order chi connectivity index (χ1) is 11.6. The van der Waals surface area contributed by atoms with Crippen molar-refractivity contribution in [1.82, 2.24) is 4.72 Å². The highest BCUT2D eigenvalue weighted by Crippen LogP contribution is 2.31. The van der Waals surface area contributed by atoms with Gasteiger partial charge in [-0.1, -0.05) is 0 Å². The zero-order chi connectivity index (χ0) is 18.8. The molecule has 0 aromatic heterocycles. The Morgan fingerprint density at radius 1 is 1.24 bits per heavy atom. The minimum absolute atomic E-state index is 0.0434. The zero-order valence-corrected chi connectivity index (χ0v) is 15.0. The van der Waals surface area contributed by atoms with Gasteiger partial charge in [0.25, 0.3) is 0 Å². The van der Waals surface area contributed by atoms with Crippen LogP contribution in [0.15, 0.2) is 23.1 Å². The van der Waals surface area contributed by atoms with Crippen molar-refractivity contribution >= 4 is 27.5 Å². The van der Waals surface area contributed by atoms with Crippen molar-refractivity contribution < 1.29 is 22.7 Å². The molecule has 0 saturated carbocycles. The third kappa shape index (κ3) is 3.97. The summed E-state index contributed by atoms with van der Waals surface area (Å²) in [4.78, 5) is 24.9. The first-order valence-electron chi connectivity index (χ1n) is 7.60. The fourth-order valence-corrected chi connectivity index (χ4v) is 3.99. The summed E-state index contributed by atoms with van der Waals surface area (Å²) in [5.41, 5.74) is -1.18. The predicted octanol–water partition coefficient (Wildman–Crippen LogP) is 1.32. The van der Waals surface area contributed by atoms with Gasteiger partial charge >= 0.3 is 0 Å². The standard InChI is InChI=1S/C16H19N3O5S/c1-16(2,10-17)18-25(22,23)13-9-11(7-8-12(13)24-3)19-14(20)5-4-6-15(19)21/h7-9,18H,4-6H2,1-3H3. The molecule has 0 spiro atoms. The summed E-state index contributed by atoms with van der Waals surface area (Å²) in [5, 5.41) is 9.05. The van der Waals surface area contributed by atoms with Crippen LogP contribution in [0.1, 0.15) is 33.1 Å². The van der Waals surface area contributed by atoms with Gasteiger partial charge in [-0.05, 0) is 38.5 Å². The smallest absolute Gasteiger partial charge is 0.245 e. The number of sulfonamides is 1. The molecule has 0 aliphatic carbocycles. The highest BCUT2D eigenvalue weighted by Gasteiger charge is 2.32. The van der Waals surface area contributed by atoms with E-state index in [-0.39, 0.29) is 41.0 Å². The highest BCUT2D eigenvalue weighted by atomic mass is 32.2. The van der Waals surface area contributed by atoms with Crippen molar-refractivity contribution in [2.24, 2.45) is 0 Å². The van der Waals surface area contributed by atoms with Gasteiger partial charge in [-0.15, -0.1) is 0 Å². The summed E-state index contributed by atoms with van der Waals surface area (Å²) >= 11 is 0. The molecule has 1 aliphatic heterocycles. The lowest BCUT2D eigenvalue weighted by molar-refractivity contribution is -0.129. The van der Waals surface area contributed by atoms with E-state index in [1.54, 1.807) is 0 Å². The quantitative estimate of drug-likeness (QED) is 0.787. The van der Waals surface area contributed by atoms with E-state index in [9.17, 15) is 18.0 Å². The maximum absolute atomic E-state index is 12.7. The van der Waals surface area contributed by atoms with Crippen LogP contribution in [0.5, 0.6) is 5.75 Å². The van der Waals surface area contributed by atoms with Crippen molar-refractivity contribution in [3.8, 4) is 11.8 Å². The number of amides is 2. The van der Waals surface area contributed by atoms with E-state index in [2.05, 4.69) is 4.72 Å². The molecule has 1 fully saturated rings. The van der Waals surface area contributed by atoms with Gasteiger partial charge in [-0.3, -0.25) is 14.5 Å². The van der Waals surface area contributed by atoms with Crippen molar-refractivity contribution in [3.05, 3.63) is 18.2 Å². The molecular formula is C16H19N3O5S. The number of rotatable bonds is 5. The normalized spacial score (nSPS) is 15.8. The molecule has 1 N–H and O–H groups in total. The Morgan fingerprint density at radius 2 is 1.84 bits per heavy atom. The van der Waals surface area contributed by atoms with Gasteiger partial charge in [0.1, 0.15) is 16.2 Å². The van der Waals surface area contributed by atoms with E-state index in [0.29, 0.717) is 6.42 Å². The molecule has 0 atom stereocenters. The van der Waals surface area contributed by atoms with Gasteiger partial charge in [0, 0.05) is 12.8 Å². The minimum Gasteiger partial charge on any atom is -0.495 e. The minimum atomic E-state index is -4.12. The average molecular weight is 365 g/mol. The number of hydrogen-bond donors (Lipinski definition) is 1. The molecule has 1 heterocycles. The number of ether oxygens (including phenoxy) is 1. The van der Waals surface area contributed by atoms with Crippen LogP contribution in [-0.2, 0) is 19.6 Å². The molecule has 1 aromatic rings. The number of imide groups is 1. The predicted molar refractivity (Wildman–Crippen MR) is 89.4 cm³/mol. The maximum Gasteiger partial charge on any atom is 0.245 e. The zero-order valence-electron chi connectivity index (χ0n) is 14.2. The Bertz CT molecular complexity index is 839. The van der Waals surface area contributed by atoms with Gasteiger partial charge in [-0.25, -0.2) is 8.42 Å². The molecule has 1 saturated heterocycles. The number of nitrogens with zero attached hydrogens (tertiary/aromatic N) is 2. The Hall–Kier alpha value is -2.44. The number of methoxy groups -OCH3 is 1. The summed E-state index contributed by atoms with van der Waals surface area (Å²) in [5.74, 6) is -0.716. The molecule has 134 valence electrons. The summed E-state index contributed by atoms with van der Waals surface area (Å²) in [7, 11) is -2.81. The maximum atomic E-state index is 12.7. The van der Waals surface area contributed by atoms with Crippen LogP contribution in [0, 0.1) is 11.3 Å². The number of carbonyl (C=O) groups is 2. The van der Waals surface area contributed by atoms with Crippen molar-refractivity contribution in [3.63, 3.8) is 0 Å². The molecule has 9 heteroatoms. The summed E-state index contributed by atoms with van der Waals surface area (Å²) < 4.78 is 32.7.